The molecule has 29 heavy (non-hydrogen) atoms. The van der Waals surface area contributed by atoms with Crippen molar-refractivity contribution in [3.63, 3.8) is 0 Å². The number of rotatable bonds is 4. The lowest BCUT2D eigenvalue weighted by Gasteiger charge is -2.39. The maximum Gasteiger partial charge on any atom is 0.0457 e. The number of piperazine rings is 1. The molecule has 1 aliphatic carbocycles. The van der Waals surface area contributed by atoms with Gasteiger partial charge in [-0.3, -0.25) is 4.90 Å². The van der Waals surface area contributed by atoms with Crippen molar-refractivity contribution in [1.82, 2.24) is 14.8 Å². The lowest BCUT2D eigenvalue weighted by Crippen LogP contribution is -2.45. The SMILES string of the molecule is Clc1ccc2[nH]cc(C3CC=C(N4CCN(Cc5ccccc5)CC4)CC3)c2c1. The Balaban J connectivity index is 1.20. The number of hydrogen-bond acceptors (Lipinski definition) is 2. The van der Waals surface area contributed by atoms with Crippen LogP contribution in [0.3, 0.4) is 0 Å². The van der Waals surface area contributed by atoms with Gasteiger partial charge in [0.1, 0.15) is 0 Å². The highest BCUT2D eigenvalue weighted by molar-refractivity contribution is 6.31. The van der Waals surface area contributed by atoms with E-state index in [1.807, 2.05) is 6.07 Å². The number of hydrogen-bond donors (Lipinski definition) is 1. The van der Waals surface area contributed by atoms with E-state index < -0.39 is 0 Å². The van der Waals surface area contributed by atoms with E-state index in [-0.39, 0.29) is 0 Å². The van der Waals surface area contributed by atoms with E-state index >= 15 is 0 Å². The lowest BCUT2D eigenvalue weighted by molar-refractivity contribution is 0.147. The number of nitrogens with zero attached hydrogens (tertiary/aromatic N) is 2. The molecule has 3 nitrogen and oxygen atoms in total. The molecule has 1 saturated heterocycles. The molecule has 2 heterocycles. The number of allylic oxidation sites excluding steroid dienone is 2. The molecule has 0 spiro atoms. The predicted octanol–water partition coefficient (Wildman–Crippen LogP) is 5.79. The minimum Gasteiger partial charge on any atom is -0.373 e. The Labute approximate surface area is 178 Å². The number of halogens is 1. The molecule has 0 bridgehead atoms. The molecule has 4 heteroatoms. The van der Waals surface area contributed by atoms with E-state index in [0.29, 0.717) is 5.92 Å². The molecular formula is C25H28ClN3. The summed E-state index contributed by atoms with van der Waals surface area (Å²) in [6, 6.07) is 17.0. The number of H-pyrrole nitrogens is 1. The van der Waals surface area contributed by atoms with Crippen molar-refractivity contribution in [1.29, 1.82) is 0 Å². The van der Waals surface area contributed by atoms with Gasteiger partial charge in [0.05, 0.1) is 0 Å². The first-order valence-electron chi connectivity index (χ1n) is 10.7. The van der Waals surface area contributed by atoms with E-state index in [4.69, 9.17) is 11.6 Å². The molecule has 1 N–H and O–H groups in total. The molecule has 1 atom stereocenters. The molecule has 0 saturated carbocycles. The van der Waals surface area contributed by atoms with Gasteiger partial charge in [0.25, 0.3) is 0 Å². The van der Waals surface area contributed by atoms with Crippen molar-refractivity contribution in [2.45, 2.75) is 31.7 Å². The summed E-state index contributed by atoms with van der Waals surface area (Å²) >= 11 is 6.24. The summed E-state index contributed by atoms with van der Waals surface area (Å²) in [5, 5.41) is 2.10. The zero-order valence-corrected chi connectivity index (χ0v) is 17.5. The maximum atomic E-state index is 6.24. The first kappa shape index (κ1) is 18.8. The van der Waals surface area contributed by atoms with E-state index in [1.54, 1.807) is 5.70 Å². The van der Waals surface area contributed by atoms with E-state index in [2.05, 4.69) is 69.5 Å². The molecule has 150 valence electrons. The number of benzene rings is 2. The van der Waals surface area contributed by atoms with Gasteiger partial charge in [-0.2, -0.15) is 0 Å². The first-order chi connectivity index (χ1) is 14.3. The highest BCUT2D eigenvalue weighted by Crippen LogP contribution is 2.37. The molecule has 3 aromatic rings. The van der Waals surface area contributed by atoms with Gasteiger partial charge in [0, 0.05) is 60.5 Å². The van der Waals surface area contributed by atoms with Crippen LogP contribution in [0.15, 0.2) is 66.5 Å². The van der Waals surface area contributed by atoms with Crippen LogP contribution in [0.4, 0.5) is 0 Å². The fourth-order valence-corrected chi connectivity index (χ4v) is 5.05. The molecule has 0 radical (unpaired) electrons. The molecule has 1 unspecified atom stereocenters. The monoisotopic (exact) mass is 405 g/mol. The average Bonchev–Trinajstić information content (AvgIpc) is 3.18. The lowest BCUT2D eigenvalue weighted by atomic mass is 9.86. The molecule has 1 aromatic heterocycles. The Kier molecular flexibility index (Phi) is 5.34. The summed E-state index contributed by atoms with van der Waals surface area (Å²) in [6.07, 6.45) is 8.20. The summed E-state index contributed by atoms with van der Waals surface area (Å²) in [7, 11) is 0. The van der Waals surface area contributed by atoms with E-state index in [0.717, 1.165) is 44.2 Å². The summed E-state index contributed by atoms with van der Waals surface area (Å²) in [4.78, 5) is 8.61. The van der Waals surface area contributed by atoms with Gasteiger partial charge in [0.15, 0.2) is 0 Å². The zero-order chi connectivity index (χ0) is 19.6. The van der Waals surface area contributed by atoms with Gasteiger partial charge in [-0.05, 0) is 54.5 Å². The number of aromatic amines is 1. The van der Waals surface area contributed by atoms with Gasteiger partial charge in [-0.1, -0.05) is 48.0 Å². The Morgan fingerprint density at radius 1 is 1.00 bits per heavy atom. The van der Waals surface area contributed by atoms with Gasteiger partial charge in [-0.15, -0.1) is 0 Å². The first-order valence-corrected chi connectivity index (χ1v) is 11.1. The number of fused-ring (bicyclic) bond motifs is 1. The van der Waals surface area contributed by atoms with Crippen LogP contribution in [0, 0.1) is 0 Å². The van der Waals surface area contributed by atoms with Crippen molar-refractivity contribution >= 4 is 22.5 Å². The van der Waals surface area contributed by atoms with Crippen molar-refractivity contribution in [3.05, 3.63) is 82.7 Å². The Morgan fingerprint density at radius 3 is 2.59 bits per heavy atom. The second-order valence-electron chi connectivity index (χ2n) is 8.35. The standard InChI is InChI=1S/C25H28ClN3/c26-21-8-11-25-23(16-21)24(17-27-25)20-6-9-22(10-7-20)29-14-12-28(13-15-29)18-19-4-2-1-3-5-19/h1-5,8-9,11,16-17,20,27H,6-7,10,12-15,18H2. The Morgan fingerprint density at radius 2 is 1.83 bits per heavy atom. The molecule has 2 aromatic carbocycles. The third kappa shape index (κ3) is 4.08. The molecule has 5 rings (SSSR count). The van der Waals surface area contributed by atoms with E-state index in [9.17, 15) is 0 Å². The minimum absolute atomic E-state index is 0.588. The van der Waals surface area contributed by atoms with Crippen LogP contribution in [0.5, 0.6) is 0 Å². The molecule has 0 amide bonds. The van der Waals surface area contributed by atoms with Crippen LogP contribution >= 0.6 is 11.6 Å². The van der Waals surface area contributed by atoms with Crippen LogP contribution in [0.25, 0.3) is 10.9 Å². The van der Waals surface area contributed by atoms with Gasteiger partial charge in [0.2, 0.25) is 0 Å². The quantitative estimate of drug-likeness (QED) is 0.593. The van der Waals surface area contributed by atoms with E-state index in [1.165, 1.54) is 34.9 Å². The second-order valence-corrected chi connectivity index (χ2v) is 8.79. The van der Waals surface area contributed by atoms with Crippen molar-refractivity contribution < 1.29 is 0 Å². The third-order valence-electron chi connectivity index (χ3n) is 6.53. The Bertz CT molecular complexity index is 999. The minimum atomic E-state index is 0.588. The number of nitrogens with one attached hydrogen (secondary N) is 1. The van der Waals surface area contributed by atoms with Crippen LogP contribution in [0.1, 0.15) is 36.3 Å². The topological polar surface area (TPSA) is 22.3 Å². The summed E-state index contributed by atoms with van der Waals surface area (Å²) in [5.41, 5.74) is 5.58. The second kappa shape index (κ2) is 8.25. The zero-order valence-electron chi connectivity index (χ0n) is 16.8. The smallest absolute Gasteiger partial charge is 0.0457 e. The molecule has 1 aliphatic heterocycles. The Hall–Kier alpha value is -2.23. The normalized spacial score (nSPS) is 20.8. The van der Waals surface area contributed by atoms with Crippen molar-refractivity contribution in [2.75, 3.05) is 26.2 Å². The fourth-order valence-electron chi connectivity index (χ4n) is 4.88. The highest BCUT2D eigenvalue weighted by atomic mass is 35.5. The van der Waals surface area contributed by atoms with Crippen LogP contribution in [-0.4, -0.2) is 41.0 Å². The largest absolute Gasteiger partial charge is 0.373 e. The summed E-state index contributed by atoms with van der Waals surface area (Å²) < 4.78 is 0. The van der Waals surface area contributed by atoms with Gasteiger partial charge < -0.3 is 9.88 Å². The molecule has 2 aliphatic rings. The maximum absolute atomic E-state index is 6.24. The van der Waals surface area contributed by atoms with Gasteiger partial charge >= 0.3 is 0 Å². The highest BCUT2D eigenvalue weighted by Gasteiger charge is 2.24. The van der Waals surface area contributed by atoms with Crippen LogP contribution in [0.2, 0.25) is 5.02 Å². The molecular weight excluding hydrogens is 378 g/mol. The van der Waals surface area contributed by atoms with Crippen molar-refractivity contribution in [3.8, 4) is 0 Å². The fraction of sp³-hybridized carbons (Fsp3) is 0.360. The number of aromatic nitrogens is 1. The van der Waals surface area contributed by atoms with Crippen LogP contribution < -0.4 is 0 Å². The third-order valence-corrected chi connectivity index (χ3v) is 6.77. The van der Waals surface area contributed by atoms with Gasteiger partial charge in [-0.25, -0.2) is 0 Å². The van der Waals surface area contributed by atoms with Crippen LogP contribution in [-0.2, 0) is 6.54 Å². The molecule has 1 fully saturated rings. The summed E-state index contributed by atoms with van der Waals surface area (Å²) in [6.45, 7) is 5.66. The van der Waals surface area contributed by atoms with Crippen molar-refractivity contribution in [2.24, 2.45) is 0 Å². The predicted molar refractivity (Wildman–Crippen MR) is 121 cm³/mol. The average molecular weight is 406 g/mol. The summed E-state index contributed by atoms with van der Waals surface area (Å²) in [5.74, 6) is 0.588.